The third-order valence-corrected chi connectivity index (χ3v) is 3.17. The van der Waals surface area contributed by atoms with Gasteiger partial charge in [0, 0.05) is 7.05 Å². The van der Waals surface area contributed by atoms with E-state index >= 15 is 0 Å². The molecule has 0 saturated carbocycles. The predicted molar refractivity (Wildman–Crippen MR) is 74.9 cm³/mol. The van der Waals surface area contributed by atoms with Crippen LogP contribution in [0.1, 0.15) is 24.4 Å². The Kier molecular flexibility index (Phi) is 3.89. The van der Waals surface area contributed by atoms with Crippen molar-refractivity contribution in [3.63, 3.8) is 0 Å². The molecule has 0 aliphatic carbocycles. The number of hydrogen-bond donors (Lipinski definition) is 1. The van der Waals surface area contributed by atoms with Gasteiger partial charge in [-0.2, -0.15) is 15.5 Å². The van der Waals surface area contributed by atoms with E-state index in [1.54, 1.807) is 14.0 Å². The number of amides is 1. The molecule has 2 heterocycles. The lowest BCUT2D eigenvalue weighted by Gasteiger charge is -2.11. The first-order chi connectivity index (χ1) is 10.3. The number of nitrogens with one attached hydrogen (secondary N) is 1. The van der Waals surface area contributed by atoms with Crippen molar-refractivity contribution in [2.75, 3.05) is 5.32 Å². The molecule has 10 nitrogen and oxygen atoms in total. The van der Waals surface area contributed by atoms with Gasteiger partial charge in [-0.05, 0) is 13.8 Å². The van der Waals surface area contributed by atoms with E-state index in [1.165, 1.54) is 28.7 Å². The summed E-state index contributed by atoms with van der Waals surface area (Å²) < 4.78 is 2.55. The van der Waals surface area contributed by atoms with Crippen molar-refractivity contribution in [3.8, 4) is 6.07 Å². The van der Waals surface area contributed by atoms with E-state index in [0.29, 0.717) is 0 Å². The molecule has 114 valence electrons. The Hall–Kier alpha value is -3.22. The Labute approximate surface area is 125 Å². The fourth-order valence-corrected chi connectivity index (χ4v) is 1.87. The molecule has 0 aliphatic rings. The number of hydrogen-bond acceptors (Lipinski definition) is 6. The van der Waals surface area contributed by atoms with E-state index in [1.807, 2.05) is 6.07 Å². The van der Waals surface area contributed by atoms with Crippen LogP contribution in [-0.4, -0.2) is 30.4 Å². The lowest BCUT2D eigenvalue weighted by Crippen LogP contribution is -2.24. The number of aryl methyl sites for hydroxylation is 2. The third kappa shape index (κ3) is 2.64. The second kappa shape index (κ2) is 5.65. The lowest BCUT2D eigenvalue weighted by molar-refractivity contribution is -0.385. The van der Waals surface area contributed by atoms with Crippen molar-refractivity contribution < 1.29 is 9.72 Å². The first kappa shape index (κ1) is 15.2. The largest absolute Gasteiger partial charge is 0.320 e. The molecule has 10 heteroatoms. The number of nitriles is 1. The van der Waals surface area contributed by atoms with Gasteiger partial charge in [0.25, 0.3) is 0 Å². The lowest BCUT2D eigenvalue weighted by atomic mass is 10.3. The third-order valence-electron chi connectivity index (χ3n) is 3.17. The van der Waals surface area contributed by atoms with Crippen molar-refractivity contribution in [2.45, 2.75) is 19.9 Å². The standard InChI is InChI=1S/C12H13N7O3/c1-7-11(19(21)22)6-18(16-7)8(2)12(20)15-9-5-14-17(3)10(9)4-13/h5-6,8H,1-3H3,(H,15,20). The Balaban J connectivity index is 2.21. The summed E-state index contributed by atoms with van der Waals surface area (Å²) in [6.07, 6.45) is 2.56. The molecule has 1 amide bonds. The van der Waals surface area contributed by atoms with E-state index in [-0.39, 0.29) is 22.8 Å². The van der Waals surface area contributed by atoms with Gasteiger partial charge in [-0.1, -0.05) is 0 Å². The van der Waals surface area contributed by atoms with Crippen molar-refractivity contribution in [2.24, 2.45) is 7.05 Å². The van der Waals surface area contributed by atoms with Crippen LogP contribution in [0.5, 0.6) is 0 Å². The number of nitro groups is 1. The summed E-state index contributed by atoms with van der Waals surface area (Å²) >= 11 is 0. The first-order valence-corrected chi connectivity index (χ1v) is 6.28. The molecule has 0 radical (unpaired) electrons. The molecule has 1 unspecified atom stereocenters. The molecular formula is C12H13N7O3. The SMILES string of the molecule is Cc1nn(C(C)C(=O)Nc2cnn(C)c2C#N)cc1[N+](=O)[O-]. The molecule has 22 heavy (non-hydrogen) atoms. The molecule has 2 aromatic rings. The quantitative estimate of drug-likeness (QED) is 0.659. The summed E-state index contributed by atoms with van der Waals surface area (Å²) in [6.45, 7) is 3.04. The second-order valence-corrected chi connectivity index (χ2v) is 4.64. The highest BCUT2D eigenvalue weighted by molar-refractivity contribution is 5.94. The number of carbonyl (C=O) groups excluding carboxylic acids is 1. The minimum atomic E-state index is -0.779. The van der Waals surface area contributed by atoms with Gasteiger partial charge >= 0.3 is 5.69 Å². The molecule has 0 spiro atoms. The van der Waals surface area contributed by atoms with Crippen LogP contribution in [0, 0.1) is 28.4 Å². The molecule has 0 fully saturated rings. The Morgan fingerprint density at radius 3 is 2.82 bits per heavy atom. The second-order valence-electron chi connectivity index (χ2n) is 4.64. The molecule has 0 bridgehead atoms. The summed E-state index contributed by atoms with van der Waals surface area (Å²) in [4.78, 5) is 22.4. The average Bonchev–Trinajstić information content (AvgIpc) is 3.01. The van der Waals surface area contributed by atoms with Gasteiger partial charge in [0.2, 0.25) is 5.91 Å². The zero-order valence-corrected chi connectivity index (χ0v) is 12.1. The van der Waals surface area contributed by atoms with E-state index in [9.17, 15) is 14.9 Å². The minimum absolute atomic E-state index is 0.154. The molecule has 2 aromatic heterocycles. The number of anilines is 1. The number of carbonyl (C=O) groups is 1. The van der Waals surface area contributed by atoms with Crippen molar-refractivity contribution in [3.05, 3.63) is 33.9 Å². The monoisotopic (exact) mass is 303 g/mol. The van der Waals surface area contributed by atoms with Gasteiger partial charge in [0.05, 0.1) is 16.8 Å². The molecule has 0 aromatic carbocycles. The highest BCUT2D eigenvalue weighted by Gasteiger charge is 2.23. The van der Waals surface area contributed by atoms with Gasteiger partial charge in [-0.15, -0.1) is 0 Å². The zero-order chi connectivity index (χ0) is 16.4. The highest BCUT2D eigenvalue weighted by atomic mass is 16.6. The van der Waals surface area contributed by atoms with Gasteiger partial charge in [-0.3, -0.25) is 24.3 Å². The van der Waals surface area contributed by atoms with E-state index in [0.717, 1.165) is 0 Å². The molecule has 1 N–H and O–H groups in total. The predicted octanol–water partition coefficient (Wildman–Crippen LogP) is 0.905. The fourth-order valence-electron chi connectivity index (χ4n) is 1.87. The van der Waals surface area contributed by atoms with Gasteiger partial charge in [0.15, 0.2) is 5.69 Å². The summed E-state index contributed by atoms with van der Waals surface area (Å²) in [5.74, 6) is -0.457. The molecular weight excluding hydrogens is 290 g/mol. The van der Waals surface area contributed by atoms with Gasteiger partial charge in [0.1, 0.15) is 24.0 Å². The van der Waals surface area contributed by atoms with Crippen molar-refractivity contribution in [1.29, 1.82) is 5.26 Å². The van der Waals surface area contributed by atoms with Crippen LogP contribution in [0.15, 0.2) is 12.4 Å². The zero-order valence-electron chi connectivity index (χ0n) is 12.1. The summed E-state index contributed by atoms with van der Waals surface area (Å²) in [7, 11) is 1.58. The Morgan fingerprint density at radius 1 is 1.59 bits per heavy atom. The van der Waals surface area contributed by atoms with Crippen LogP contribution in [0.4, 0.5) is 11.4 Å². The summed E-state index contributed by atoms with van der Waals surface area (Å²) in [5.41, 5.74) is 0.561. The first-order valence-electron chi connectivity index (χ1n) is 6.28. The Bertz CT molecular complexity index is 783. The van der Waals surface area contributed by atoms with Crippen LogP contribution < -0.4 is 5.32 Å². The number of rotatable bonds is 4. The molecule has 1 atom stereocenters. The summed E-state index contributed by atoms with van der Waals surface area (Å²) in [5, 5.41) is 30.2. The molecule has 0 saturated heterocycles. The van der Waals surface area contributed by atoms with Crippen LogP contribution in [0.3, 0.4) is 0 Å². The van der Waals surface area contributed by atoms with E-state index in [2.05, 4.69) is 15.5 Å². The average molecular weight is 303 g/mol. The smallest absolute Gasteiger partial charge is 0.309 e. The molecule has 2 rings (SSSR count). The minimum Gasteiger partial charge on any atom is -0.320 e. The maximum atomic E-state index is 12.2. The highest BCUT2D eigenvalue weighted by Crippen LogP contribution is 2.20. The van der Waals surface area contributed by atoms with Crippen LogP contribution in [0.25, 0.3) is 0 Å². The van der Waals surface area contributed by atoms with Crippen LogP contribution in [-0.2, 0) is 11.8 Å². The van der Waals surface area contributed by atoms with E-state index < -0.39 is 16.9 Å². The molecule has 0 aliphatic heterocycles. The topological polar surface area (TPSA) is 132 Å². The van der Waals surface area contributed by atoms with Gasteiger partial charge in [-0.25, -0.2) is 0 Å². The Morgan fingerprint density at radius 2 is 2.27 bits per heavy atom. The van der Waals surface area contributed by atoms with Crippen molar-refractivity contribution in [1.82, 2.24) is 19.6 Å². The van der Waals surface area contributed by atoms with Crippen molar-refractivity contribution >= 4 is 17.3 Å². The summed E-state index contributed by atoms with van der Waals surface area (Å²) in [6, 6.07) is 1.15. The van der Waals surface area contributed by atoms with Crippen LogP contribution in [0.2, 0.25) is 0 Å². The van der Waals surface area contributed by atoms with Crippen LogP contribution >= 0.6 is 0 Å². The maximum absolute atomic E-state index is 12.2. The van der Waals surface area contributed by atoms with Gasteiger partial charge < -0.3 is 5.32 Å². The number of aromatic nitrogens is 4. The maximum Gasteiger partial charge on any atom is 0.309 e. The van der Waals surface area contributed by atoms with E-state index in [4.69, 9.17) is 5.26 Å². The normalized spacial score (nSPS) is 11.7. The fraction of sp³-hybridized carbons (Fsp3) is 0.333. The number of nitrogens with zero attached hydrogens (tertiary/aromatic N) is 6.